The second kappa shape index (κ2) is 5.71. The van der Waals surface area contributed by atoms with Crippen molar-refractivity contribution in [1.29, 1.82) is 0 Å². The van der Waals surface area contributed by atoms with Crippen LogP contribution in [0.15, 0.2) is 60.8 Å². The maximum Gasteiger partial charge on any atom is 0.248 e. The lowest BCUT2D eigenvalue weighted by Gasteiger charge is -2.02. The first-order chi connectivity index (χ1) is 10.2. The molecule has 0 saturated carbocycles. The highest BCUT2D eigenvalue weighted by atomic mass is 16.1. The molecule has 1 amide bonds. The number of anilines is 1. The molecule has 0 aliphatic rings. The van der Waals surface area contributed by atoms with E-state index in [2.05, 4.69) is 10.3 Å². The fourth-order valence-corrected chi connectivity index (χ4v) is 2.09. The highest BCUT2D eigenvalue weighted by molar-refractivity contribution is 6.32. The summed E-state index contributed by atoms with van der Waals surface area (Å²) >= 11 is 0. The smallest absolute Gasteiger partial charge is 0.248 e. The summed E-state index contributed by atoms with van der Waals surface area (Å²) in [5.41, 5.74) is 3.39. The van der Waals surface area contributed by atoms with Crippen LogP contribution in [-0.4, -0.2) is 18.7 Å². The van der Waals surface area contributed by atoms with Gasteiger partial charge in [-0.2, -0.15) is 0 Å². The van der Waals surface area contributed by atoms with Gasteiger partial charge in [-0.3, -0.25) is 4.79 Å². The van der Waals surface area contributed by atoms with Crippen molar-refractivity contribution in [1.82, 2.24) is 4.98 Å². The van der Waals surface area contributed by atoms with Crippen molar-refractivity contribution in [2.45, 2.75) is 0 Å². The van der Waals surface area contributed by atoms with Crippen LogP contribution in [0.5, 0.6) is 0 Å². The first-order valence-corrected chi connectivity index (χ1v) is 6.62. The monoisotopic (exact) mass is 272 g/mol. The SMILES string of the molecule is [B]c1ccc(/C=C/C(=O)Nc2ccc3cc[nH]c3c2)cc1. The molecule has 21 heavy (non-hydrogen) atoms. The van der Waals surface area contributed by atoms with Crippen LogP contribution in [-0.2, 0) is 4.79 Å². The molecule has 100 valence electrons. The largest absolute Gasteiger partial charge is 0.361 e. The van der Waals surface area contributed by atoms with Gasteiger partial charge in [-0.05, 0) is 35.2 Å². The molecule has 0 fully saturated rings. The highest BCUT2D eigenvalue weighted by Crippen LogP contribution is 2.17. The minimum atomic E-state index is -0.169. The molecule has 0 bridgehead atoms. The average Bonchev–Trinajstić information content (AvgIpc) is 2.94. The number of H-pyrrole nitrogens is 1. The summed E-state index contributed by atoms with van der Waals surface area (Å²) in [6.45, 7) is 0. The summed E-state index contributed by atoms with van der Waals surface area (Å²) in [6.07, 6.45) is 5.13. The Balaban J connectivity index is 1.69. The number of fused-ring (bicyclic) bond motifs is 1. The standard InChI is InChI=1S/C17H13BN2O/c18-14-5-1-12(2-6-14)3-8-17(21)20-15-7-4-13-9-10-19-16(13)11-15/h1-11,19H,(H,20,21)/b8-3+. The van der Waals surface area contributed by atoms with Gasteiger partial charge in [0.2, 0.25) is 5.91 Å². The molecule has 0 aliphatic carbocycles. The van der Waals surface area contributed by atoms with Crippen molar-refractivity contribution in [2.24, 2.45) is 0 Å². The quantitative estimate of drug-likeness (QED) is 0.558. The summed E-state index contributed by atoms with van der Waals surface area (Å²) in [7, 11) is 5.61. The zero-order chi connectivity index (χ0) is 14.7. The molecule has 1 aromatic heterocycles. The van der Waals surface area contributed by atoms with E-state index in [4.69, 9.17) is 7.85 Å². The molecule has 2 radical (unpaired) electrons. The van der Waals surface area contributed by atoms with Gasteiger partial charge in [-0.1, -0.05) is 35.8 Å². The van der Waals surface area contributed by atoms with Crippen LogP contribution in [0.2, 0.25) is 0 Å². The molecule has 0 unspecified atom stereocenters. The number of carbonyl (C=O) groups is 1. The Kier molecular flexibility index (Phi) is 3.60. The number of rotatable bonds is 3. The van der Waals surface area contributed by atoms with Gasteiger partial charge < -0.3 is 10.3 Å². The number of hydrogen-bond acceptors (Lipinski definition) is 1. The van der Waals surface area contributed by atoms with E-state index < -0.39 is 0 Å². The first-order valence-electron chi connectivity index (χ1n) is 6.62. The van der Waals surface area contributed by atoms with Crippen LogP contribution in [0.4, 0.5) is 5.69 Å². The molecular formula is C17H13BN2O. The summed E-state index contributed by atoms with van der Waals surface area (Å²) in [5.74, 6) is -0.169. The molecule has 2 aromatic carbocycles. The van der Waals surface area contributed by atoms with E-state index >= 15 is 0 Å². The van der Waals surface area contributed by atoms with Crippen molar-refractivity contribution in [2.75, 3.05) is 5.32 Å². The van der Waals surface area contributed by atoms with Gasteiger partial charge in [0.1, 0.15) is 7.85 Å². The Morgan fingerprint density at radius 2 is 1.90 bits per heavy atom. The van der Waals surface area contributed by atoms with Crippen molar-refractivity contribution in [3.05, 3.63) is 66.4 Å². The molecule has 3 aromatic rings. The molecule has 0 atom stereocenters. The van der Waals surface area contributed by atoms with Crippen molar-refractivity contribution in [3.8, 4) is 0 Å². The van der Waals surface area contributed by atoms with Crippen molar-refractivity contribution in [3.63, 3.8) is 0 Å². The molecule has 2 N–H and O–H groups in total. The van der Waals surface area contributed by atoms with Crippen molar-refractivity contribution >= 4 is 41.9 Å². The number of aromatic nitrogens is 1. The number of hydrogen-bond donors (Lipinski definition) is 2. The normalized spacial score (nSPS) is 11.0. The molecular weight excluding hydrogens is 259 g/mol. The predicted molar refractivity (Wildman–Crippen MR) is 87.8 cm³/mol. The number of benzene rings is 2. The van der Waals surface area contributed by atoms with Gasteiger partial charge in [0.05, 0.1) is 0 Å². The summed E-state index contributed by atoms with van der Waals surface area (Å²) < 4.78 is 0. The highest BCUT2D eigenvalue weighted by Gasteiger charge is 2.00. The Morgan fingerprint density at radius 1 is 1.10 bits per heavy atom. The Morgan fingerprint density at radius 3 is 2.71 bits per heavy atom. The number of nitrogens with one attached hydrogen (secondary N) is 2. The third kappa shape index (κ3) is 3.23. The van der Waals surface area contributed by atoms with Crippen LogP contribution in [0.25, 0.3) is 17.0 Å². The van der Waals surface area contributed by atoms with Crippen LogP contribution < -0.4 is 10.8 Å². The fourth-order valence-electron chi connectivity index (χ4n) is 2.09. The molecule has 1 heterocycles. The van der Waals surface area contributed by atoms with Gasteiger partial charge in [0.15, 0.2) is 0 Å². The van der Waals surface area contributed by atoms with E-state index in [1.807, 2.05) is 42.6 Å². The molecule has 0 saturated heterocycles. The second-order valence-electron chi connectivity index (χ2n) is 4.77. The van der Waals surface area contributed by atoms with E-state index in [1.54, 1.807) is 18.2 Å². The van der Waals surface area contributed by atoms with Gasteiger partial charge >= 0.3 is 0 Å². The topological polar surface area (TPSA) is 44.9 Å². The summed E-state index contributed by atoms with van der Waals surface area (Å²) in [6, 6.07) is 15.1. The molecule has 0 aliphatic heterocycles. The van der Waals surface area contributed by atoms with E-state index in [9.17, 15) is 4.79 Å². The van der Waals surface area contributed by atoms with E-state index in [0.29, 0.717) is 5.46 Å². The predicted octanol–water partition coefficient (Wildman–Crippen LogP) is 2.61. The Labute approximate surface area is 124 Å². The summed E-state index contributed by atoms with van der Waals surface area (Å²) in [4.78, 5) is 15.0. The Bertz CT molecular complexity index is 803. The van der Waals surface area contributed by atoms with E-state index in [1.165, 1.54) is 6.08 Å². The maximum atomic E-state index is 11.9. The molecule has 3 nitrogen and oxygen atoms in total. The minimum absolute atomic E-state index is 0.169. The van der Waals surface area contributed by atoms with Crippen LogP contribution >= 0.6 is 0 Å². The van der Waals surface area contributed by atoms with Gasteiger partial charge in [-0.15, -0.1) is 0 Å². The minimum Gasteiger partial charge on any atom is -0.361 e. The van der Waals surface area contributed by atoms with E-state index in [-0.39, 0.29) is 5.91 Å². The van der Waals surface area contributed by atoms with Gasteiger partial charge in [0, 0.05) is 23.5 Å². The van der Waals surface area contributed by atoms with Crippen LogP contribution in [0.1, 0.15) is 5.56 Å². The molecule has 4 heteroatoms. The lowest BCUT2D eigenvalue weighted by molar-refractivity contribution is -0.111. The van der Waals surface area contributed by atoms with Crippen LogP contribution in [0.3, 0.4) is 0 Å². The van der Waals surface area contributed by atoms with Gasteiger partial charge in [-0.25, -0.2) is 0 Å². The summed E-state index contributed by atoms with van der Waals surface area (Å²) in [5, 5.41) is 3.95. The van der Waals surface area contributed by atoms with Crippen molar-refractivity contribution < 1.29 is 4.79 Å². The zero-order valence-corrected chi connectivity index (χ0v) is 11.3. The molecule has 3 rings (SSSR count). The molecule has 0 spiro atoms. The first kappa shape index (κ1) is 13.2. The average molecular weight is 272 g/mol. The zero-order valence-electron chi connectivity index (χ0n) is 11.3. The van der Waals surface area contributed by atoms with Gasteiger partial charge in [0.25, 0.3) is 0 Å². The third-order valence-corrected chi connectivity index (χ3v) is 3.19. The Hall–Kier alpha value is -2.75. The third-order valence-electron chi connectivity index (χ3n) is 3.19. The number of amides is 1. The second-order valence-corrected chi connectivity index (χ2v) is 4.77. The lowest BCUT2D eigenvalue weighted by Crippen LogP contribution is -2.07. The van der Waals surface area contributed by atoms with E-state index in [0.717, 1.165) is 22.2 Å². The maximum absolute atomic E-state index is 11.9. The number of aromatic amines is 1. The fraction of sp³-hybridized carbons (Fsp3) is 0. The number of carbonyl (C=O) groups excluding carboxylic acids is 1. The lowest BCUT2D eigenvalue weighted by atomic mass is 9.95. The van der Waals surface area contributed by atoms with Crippen LogP contribution in [0, 0.1) is 0 Å².